The number of nitrogens with zero attached hydrogens (tertiary/aromatic N) is 1. The van der Waals surface area contributed by atoms with Gasteiger partial charge in [0.25, 0.3) is 0 Å². The van der Waals surface area contributed by atoms with Crippen LogP contribution in [-0.2, 0) is 4.79 Å². The Kier molecular flexibility index (Phi) is 5.46. The van der Waals surface area contributed by atoms with Crippen LogP contribution in [0.3, 0.4) is 0 Å². The van der Waals surface area contributed by atoms with Gasteiger partial charge in [0.05, 0.1) is 19.1 Å². The number of benzene rings is 1. The van der Waals surface area contributed by atoms with Gasteiger partial charge in [-0.2, -0.15) is 0 Å². The van der Waals surface area contributed by atoms with Crippen LogP contribution in [0.15, 0.2) is 24.3 Å². The van der Waals surface area contributed by atoms with E-state index in [0.29, 0.717) is 32.5 Å². The predicted molar refractivity (Wildman–Crippen MR) is 86.9 cm³/mol. The number of amides is 1. The summed E-state index contributed by atoms with van der Waals surface area (Å²) < 4.78 is 5.71. The molecule has 1 heterocycles. The van der Waals surface area contributed by atoms with Crippen LogP contribution in [0.1, 0.15) is 38.7 Å². The molecule has 1 aromatic carbocycles. The molecule has 1 aromatic rings. The van der Waals surface area contributed by atoms with E-state index in [1.165, 1.54) is 0 Å². The van der Waals surface area contributed by atoms with E-state index in [1.54, 1.807) is 0 Å². The lowest BCUT2D eigenvalue weighted by Gasteiger charge is -2.29. The maximum atomic E-state index is 12.4. The van der Waals surface area contributed by atoms with E-state index in [1.807, 2.05) is 36.1 Å². The third-order valence-corrected chi connectivity index (χ3v) is 4.16. The molecule has 0 bridgehead atoms. The second-order valence-corrected chi connectivity index (χ2v) is 6.99. The zero-order chi connectivity index (χ0) is 16.2. The van der Waals surface area contributed by atoms with Gasteiger partial charge >= 0.3 is 0 Å². The molecule has 0 spiro atoms. The quantitative estimate of drug-likeness (QED) is 0.930. The lowest BCUT2D eigenvalue weighted by atomic mass is 9.87. The molecule has 0 saturated carbocycles. The van der Waals surface area contributed by atoms with Crippen molar-refractivity contribution in [1.29, 1.82) is 0 Å². The normalized spacial score (nSPS) is 21.3. The van der Waals surface area contributed by atoms with Gasteiger partial charge in [0, 0.05) is 13.1 Å². The van der Waals surface area contributed by atoms with Gasteiger partial charge in [-0.3, -0.25) is 4.79 Å². The molecule has 1 atom stereocenters. The second kappa shape index (κ2) is 7.14. The van der Waals surface area contributed by atoms with Crippen molar-refractivity contribution >= 4 is 5.91 Å². The molecule has 1 aliphatic rings. The van der Waals surface area contributed by atoms with Crippen LogP contribution in [0.25, 0.3) is 0 Å². The summed E-state index contributed by atoms with van der Waals surface area (Å²) in [5.41, 5.74) is 1.04. The minimum atomic E-state index is -0.309. The first-order chi connectivity index (χ1) is 10.4. The Morgan fingerprint density at radius 1 is 1.41 bits per heavy atom. The molecular weight excluding hydrogens is 278 g/mol. The Balaban J connectivity index is 1.85. The van der Waals surface area contributed by atoms with Crippen LogP contribution in [-0.4, -0.2) is 41.7 Å². The standard InChI is InChI=1S/C18H27NO3/c1-14-6-4-5-7-16(14)22-11-9-17(21)19-10-8-15(20)12-18(2,3)13-19/h4-7,15,20H,8-13H2,1-3H3. The van der Waals surface area contributed by atoms with Gasteiger partial charge < -0.3 is 14.7 Å². The minimum absolute atomic E-state index is 0.0392. The summed E-state index contributed by atoms with van der Waals surface area (Å²) in [5, 5.41) is 9.92. The highest BCUT2D eigenvalue weighted by atomic mass is 16.5. The lowest BCUT2D eigenvalue weighted by Crippen LogP contribution is -2.38. The van der Waals surface area contributed by atoms with Crippen LogP contribution in [0.2, 0.25) is 0 Å². The molecule has 4 heteroatoms. The van der Waals surface area contributed by atoms with E-state index in [2.05, 4.69) is 13.8 Å². The Morgan fingerprint density at radius 2 is 2.14 bits per heavy atom. The SMILES string of the molecule is Cc1ccccc1OCCC(=O)N1CCC(O)CC(C)(C)C1. The van der Waals surface area contributed by atoms with E-state index in [9.17, 15) is 9.90 Å². The summed E-state index contributed by atoms with van der Waals surface area (Å²) in [6, 6.07) is 7.82. The summed E-state index contributed by atoms with van der Waals surface area (Å²) in [7, 11) is 0. The van der Waals surface area contributed by atoms with Crippen LogP contribution in [0.4, 0.5) is 0 Å². The largest absolute Gasteiger partial charge is 0.493 e. The van der Waals surface area contributed by atoms with Crippen molar-refractivity contribution < 1.29 is 14.6 Å². The Hall–Kier alpha value is -1.55. The molecule has 22 heavy (non-hydrogen) atoms. The number of aliphatic hydroxyl groups excluding tert-OH is 1. The molecule has 122 valence electrons. The monoisotopic (exact) mass is 305 g/mol. The van der Waals surface area contributed by atoms with Crippen molar-refractivity contribution in [3.63, 3.8) is 0 Å². The van der Waals surface area contributed by atoms with Crippen LogP contribution >= 0.6 is 0 Å². The first-order valence-corrected chi connectivity index (χ1v) is 8.02. The van der Waals surface area contributed by atoms with Gasteiger partial charge in [-0.25, -0.2) is 0 Å². The molecule has 0 radical (unpaired) electrons. The third kappa shape index (κ3) is 4.73. The van der Waals surface area contributed by atoms with Crippen molar-refractivity contribution in [2.45, 2.75) is 46.1 Å². The number of hydrogen-bond donors (Lipinski definition) is 1. The first kappa shape index (κ1) is 16.8. The average molecular weight is 305 g/mol. The van der Waals surface area contributed by atoms with Gasteiger partial charge in [0.1, 0.15) is 5.75 Å². The fourth-order valence-corrected chi connectivity index (χ4v) is 3.04. The van der Waals surface area contributed by atoms with E-state index in [4.69, 9.17) is 4.74 Å². The van der Waals surface area contributed by atoms with E-state index in [0.717, 1.165) is 17.7 Å². The number of rotatable bonds is 4. The fourth-order valence-electron chi connectivity index (χ4n) is 3.04. The van der Waals surface area contributed by atoms with E-state index in [-0.39, 0.29) is 17.4 Å². The summed E-state index contributed by atoms with van der Waals surface area (Å²) in [4.78, 5) is 14.3. The number of aryl methyl sites for hydroxylation is 1. The Labute approximate surface area is 133 Å². The molecule has 1 amide bonds. The smallest absolute Gasteiger partial charge is 0.226 e. The molecule has 1 fully saturated rings. The summed E-state index contributed by atoms with van der Waals surface area (Å²) in [6.07, 6.45) is 1.47. The maximum Gasteiger partial charge on any atom is 0.226 e. The van der Waals surface area contributed by atoms with Crippen molar-refractivity contribution in [1.82, 2.24) is 4.90 Å². The summed E-state index contributed by atoms with van der Waals surface area (Å²) >= 11 is 0. The Morgan fingerprint density at radius 3 is 2.86 bits per heavy atom. The van der Waals surface area contributed by atoms with Crippen molar-refractivity contribution in [2.24, 2.45) is 5.41 Å². The molecule has 1 aliphatic heterocycles. The summed E-state index contributed by atoms with van der Waals surface area (Å²) in [5.74, 6) is 0.942. The van der Waals surface area contributed by atoms with Crippen molar-refractivity contribution in [2.75, 3.05) is 19.7 Å². The molecular formula is C18H27NO3. The van der Waals surface area contributed by atoms with Gasteiger partial charge in [-0.15, -0.1) is 0 Å². The number of likely N-dealkylation sites (tertiary alicyclic amines) is 1. The van der Waals surface area contributed by atoms with E-state index >= 15 is 0 Å². The number of aliphatic hydroxyl groups is 1. The lowest BCUT2D eigenvalue weighted by molar-refractivity contribution is -0.132. The first-order valence-electron chi connectivity index (χ1n) is 8.02. The van der Waals surface area contributed by atoms with Gasteiger partial charge in [0.2, 0.25) is 5.91 Å². The van der Waals surface area contributed by atoms with Crippen LogP contribution in [0.5, 0.6) is 5.75 Å². The number of hydrogen-bond acceptors (Lipinski definition) is 3. The van der Waals surface area contributed by atoms with Gasteiger partial charge in [-0.1, -0.05) is 32.0 Å². The molecule has 4 nitrogen and oxygen atoms in total. The van der Waals surface area contributed by atoms with Crippen molar-refractivity contribution in [3.8, 4) is 5.75 Å². The molecule has 2 rings (SSSR count). The highest BCUT2D eigenvalue weighted by molar-refractivity contribution is 5.76. The number of ether oxygens (including phenoxy) is 1. The maximum absolute atomic E-state index is 12.4. The average Bonchev–Trinajstić information content (AvgIpc) is 2.58. The Bertz CT molecular complexity index is 513. The molecule has 1 N–H and O–H groups in total. The highest BCUT2D eigenvalue weighted by Crippen LogP contribution is 2.28. The van der Waals surface area contributed by atoms with Crippen LogP contribution in [0, 0.1) is 12.3 Å². The zero-order valence-electron chi connectivity index (χ0n) is 13.8. The van der Waals surface area contributed by atoms with Gasteiger partial charge in [0.15, 0.2) is 0 Å². The molecule has 1 saturated heterocycles. The topological polar surface area (TPSA) is 49.8 Å². The summed E-state index contributed by atoms with van der Waals surface area (Å²) in [6.45, 7) is 7.93. The van der Waals surface area contributed by atoms with Gasteiger partial charge in [-0.05, 0) is 36.8 Å². The number of carbonyl (C=O) groups excluding carboxylic acids is 1. The van der Waals surface area contributed by atoms with E-state index < -0.39 is 0 Å². The fraction of sp³-hybridized carbons (Fsp3) is 0.611. The van der Waals surface area contributed by atoms with Crippen molar-refractivity contribution in [3.05, 3.63) is 29.8 Å². The minimum Gasteiger partial charge on any atom is -0.493 e. The number of carbonyl (C=O) groups is 1. The van der Waals surface area contributed by atoms with Crippen LogP contribution < -0.4 is 4.74 Å². The third-order valence-electron chi connectivity index (χ3n) is 4.16. The predicted octanol–water partition coefficient (Wildman–Crippen LogP) is 2.77. The zero-order valence-corrected chi connectivity index (χ0v) is 13.8. The second-order valence-electron chi connectivity index (χ2n) is 6.99. The molecule has 1 unspecified atom stereocenters. The number of para-hydroxylation sites is 1. The highest BCUT2D eigenvalue weighted by Gasteiger charge is 2.31. The molecule has 0 aliphatic carbocycles. The molecule has 0 aromatic heterocycles.